The summed E-state index contributed by atoms with van der Waals surface area (Å²) in [6.07, 6.45) is 0.794. The molecule has 1 aliphatic rings. The first-order chi connectivity index (χ1) is 14.2. The number of piperidine rings is 1. The first-order valence-corrected chi connectivity index (χ1v) is 12.0. The number of rotatable bonds is 6. The second-order valence-electron chi connectivity index (χ2n) is 6.79. The van der Waals surface area contributed by atoms with Gasteiger partial charge >= 0.3 is 0 Å². The number of carbonyl (C=O) groups excluding carboxylic acids is 1. The number of amides is 1. The zero-order chi connectivity index (χ0) is 21.9. The summed E-state index contributed by atoms with van der Waals surface area (Å²) in [6, 6.07) is 9.42. The van der Waals surface area contributed by atoms with Gasteiger partial charge in [-0.3, -0.25) is 4.79 Å². The van der Waals surface area contributed by atoms with Crippen LogP contribution in [-0.2, 0) is 14.8 Å². The number of carbonyl (C=O) groups is 1. The fourth-order valence-corrected chi connectivity index (χ4v) is 5.40. The highest BCUT2D eigenvalue weighted by molar-refractivity contribution is 7.89. The number of nitrogens with one attached hydrogen (secondary N) is 1. The Morgan fingerprint density at radius 3 is 2.47 bits per heavy atom. The zero-order valence-corrected chi connectivity index (χ0v) is 19.3. The van der Waals surface area contributed by atoms with E-state index in [1.165, 1.54) is 16.4 Å². The SMILES string of the molecule is CCOc1ccc(S(=O)(=O)N2CCC(C(=O)Nc3cccc(Cl)c3Cl)CC2)cc1Cl. The summed E-state index contributed by atoms with van der Waals surface area (Å²) in [7, 11) is -3.71. The molecule has 0 radical (unpaired) electrons. The van der Waals surface area contributed by atoms with Gasteiger partial charge in [0, 0.05) is 19.0 Å². The van der Waals surface area contributed by atoms with E-state index in [1.54, 1.807) is 24.3 Å². The lowest BCUT2D eigenvalue weighted by molar-refractivity contribution is -0.120. The molecule has 0 saturated carbocycles. The van der Waals surface area contributed by atoms with Crippen molar-refractivity contribution in [2.45, 2.75) is 24.7 Å². The van der Waals surface area contributed by atoms with Crippen LogP contribution in [0.25, 0.3) is 0 Å². The number of nitrogens with zero attached hydrogens (tertiary/aromatic N) is 1. The van der Waals surface area contributed by atoms with Crippen LogP contribution in [0.3, 0.4) is 0 Å². The van der Waals surface area contributed by atoms with E-state index in [-0.39, 0.29) is 39.9 Å². The lowest BCUT2D eigenvalue weighted by Gasteiger charge is -2.30. The van der Waals surface area contributed by atoms with Crippen molar-refractivity contribution in [1.82, 2.24) is 4.31 Å². The van der Waals surface area contributed by atoms with Crippen molar-refractivity contribution in [2.75, 3.05) is 25.0 Å². The predicted molar refractivity (Wildman–Crippen MR) is 119 cm³/mol. The van der Waals surface area contributed by atoms with Crippen molar-refractivity contribution in [3.8, 4) is 5.75 Å². The Hall–Kier alpha value is -1.51. The summed E-state index contributed by atoms with van der Waals surface area (Å²) in [5.41, 5.74) is 0.438. The molecule has 30 heavy (non-hydrogen) atoms. The molecule has 0 spiro atoms. The van der Waals surface area contributed by atoms with Gasteiger partial charge in [-0.1, -0.05) is 40.9 Å². The Bertz CT molecular complexity index is 1040. The van der Waals surface area contributed by atoms with Crippen molar-refractivity contribution < 1.29 is 17.9 Å². The lowest BCUT2D eigenvalue weighted by atomic mass is 9.97. The molecule has 2 aromatic rings. The van der Waals surface area contributed by atoms with Gasteiger partial charge in [-0.15, -0.1) is 0 Å². The average molecular weight is 492 g/mol. The molecule has 0 unspecified atom stereocenters. The van der Waals surface area contributed by atoms with E-state index in [0.717, 1.165) is 0 Å². The van der Waals surface area contributed by atoms with E-state index < -0.39 is 10.0 Å². The molecule has 1 saturated heterocycles. The van der Waals surface area contributed by atoms with Gasteiger partial charge in [-0.05, 0) is 50.1 Å². The predicted octanol–water partition coefficient (Wildman–Crippen LogP) is 5.08. The van der Waals surface area contributed by atoms with Gasteiger partial charge in [0.2, 0.25) is 15.9 Å². The average Bonchev–Trinajstić information content (AvgIpc) is 2.73. The van der Waals surface area contributed by atoms with Crippen LogP contribution in [-0.4, -0.2) is 38.3 Å². The van der Waals surface area contributed by atoms with Gasteiger partial charge in [-0.2, -0.15) is 4.31 Å². The van der Waals surface area contributed by atoms with Crippen LogP contribution >= 0.6 is 34.8 Å². The maximum atomic E-state index is 13.0. The highest BCUT2D eigenvalue weighted by Crippen LogP contribution is 2.32. The van der Waals surface area contributed by atoms with Crippen LogP contribution in [0.2, 0.25) is 15.1 Å². The fraction of sp³-hybridized carbons (Fsp3) is 0.350. The maximum Gasteiger partial charge on any atom is 0.243 e. The Morgan fingerprint density at radius 1 is 1.13 bits per heavy atom. The molecular formula is C20H21Cl3N2O4S. The molecular weight excluding hydrogens is 471 g/mol. The Balaban J connectivity index is 1.65. The summed E-state index contributed by atoms with van der Waals surface area (Å²) in [5.74, 6) is -0.0936. The van der Waals surface area contributed by atoms with Crippen LogP contribution < -0.4 is 10.1 Å². The largest absolute Gasteiger partial charge is 0.492 e. The topological polar surface area (TPSA) is 75.7 Å². The van der Waals surface area contributed by atoms with E-state index >= 15 is 0 Å². The number of halogens is 3. The third-order valence-electron chi connectivity index (χ3n) is 4.88. The molecule has 1 fully saturated rings. The number of hydrogen-bond donors (Lipinski definition) is 1. The molecule has 1 amide bonds. The highest BCUT2D eigenvalue weighted by Gasteiger charge is 2.32. The summed E-state index contributed by atoms with van der Waals surface area (Å²) in [5, 5.41) is 3.65. The normalized spacial score (nSPS) is 15.7. The van der Waals surface area contributed by atoms with Gasteiger partial charge in [0.25, 0.3) is 0 Å². The van der Waals surface area contributed by atoms with E-state index in [0.29, 0.717) is 35.9 Å². The molecule has 2 aromatic carbocycles. The van der Waals surface area contributed by atoms with Gasteiger partial charge in [0.15, 0.2) is 0 Å². The third-order valence-corrected chi connectivity index (χ3v) is 7.88. The van der Waals surface area contributed by atoms with Crippen LogP contribution in [0, 0.1) is 5.92 Å². The van der Waals surface area contributed by atoms with E-state index in [1.807, 2.05) is 6.92 Å². The van der Waals surface area contributed by atoms with Gasteiger partial charge < -0.3 is 10.1 Å². The number of ether oxygens (including phenoxy) is 1. The molecule has 1 N–H and O–H groups in total. The molecule has 10 heteroatoms. The summed E-state index contributed by atoms with van der Waals surface area (Å²) in [6.45, 7) is 2.71. The second kappa shape index (κ2) is 9.75. The van der Waals surface area contributed by atoms with Gasteiger partial charge in [0.05, 0.1) is 32.3 Å². The highest BCUT2D eigenvalue weighted by atomic mass is 35.5. The van der Waals surface area contributed by atoms with Crippen molar-refractivity contribution in [3.63, 3.8) is 0 Å². The van der Waals surface area contributed by atoms with Crippen LogP contribution in [0.4, 0.5) is 5.69 Å². The van der Waals surface area contributed by atoms with Crippen molar-refractivity contribution >= 4 is 56.4 Å². The fourth-order valence-electron chi connectivity index (χ4n) is 3.26. The van der Waals surface area contributed by atoms with E-state index in [4.69, 9.17) is 39.5 Å². The van der Waals surface area contributed by atoms with E-state index in [2.05, 4.69) is 5.32 Å². The molecule has 3 rings (SSSR count). The number of sulfonamides is 1. The Labute approximate surface area is 191 Å². The Morgan fingerprint density at radius 2 is 1.83 bits per heavy atom. The number of benzene rings is 2. The van der Waals surface area contributed by atoms with Crippen LogP contribution in [0.5, 0.6) is 5.75 Å². The molecule has 0 aliphatic carbocycles. The Kier molecular flexibility index (Phi) is 7.52. The summed E-state index contributed by atoms with van der Waals surface area (Å²) >= 11 is 18.2. The maximum absolute atomic E-state index is 13.0. The van der Waals surface area contributed by atoms with Gasteiger partial charge in [-0.25, -0.2) is 8.42 Å². The zero-order valence-electron chi connectivity index (χ0n) is 16.2. The standard InChI is InChI=1S/C20H21Cl3N2O4S/c1-2-29-18-7-6-14(12-16(18)22)30(27,28)25-10-8-13(9-11-25)20(26)24-17-5-3-4-15(21)19(17)23/h3-7,12-13H,2,8-11H2,1H3,(H,24,26). The molecule has 6 nitrogen and oxygen atoms in total. The third kappa shape index (κ3) is 5.03. The van der Waals surface area contributed by atoms with Crippen molar-refractivity contribution in [1.29, 1.82) is 0 Å². The van der Waals surface area contributed by atoms with E-state index in [9.17, 15) is 13.2 Å². The molecule has 0 bridgehead atoms. The molecule has 162 valence electrons. The lowest BCUT2D eigenvalue weighted by Crippen LogP contribution is -2.41. The monoisotopic (exact) mass is 490 g/mol. The molecule has 0 aromatic heterocycles. The summed E-state index contributed by atoms with van der Waals surface area (Å²) < 4.78 is 32.6. The first-order valence-electron chi connectivity index (χ1n) is 9.41. The molecule has 0 atom stereocenters. The second-order valence-corrected chi connectivity index (χ2v) is 9.92. The van der Waals surface area contributed by atoms with Crippen molar-refractivity contribution in [2.24, 2.45) is 5.92 Å². The van der Waals surface area contributed by atoms with Crippen molar-refractivity contribution in [3.05, 3.63) is 51.5 Å². The molecule has 1 aliphatic heterocycles. The minimum atomic E-state index is -3.71. The number of anilines is 1. The van der Waals surface area contributed by atoms with Crippen LogP contribution in [0.15, 0.2) is 41.3 Å². The number of hydrogen-bond acceptors (Lipinski definition) is 4. The first kappa shape index (κ1) is 23.2. The summed E-state index contributed by atoms with van der Waals surface area (Å²) in [4.78, 5) is 12.7. The minimum absolute atomic E-state index is 0.101. The van der Waals surface area contributed by atoms with Gasteiger partial charge in [0.1, 0.15) is 5.75 Å². The smallest absolute Gasteiger partial charge is 0.243 e. The quantitative estimate of drug-likeness (QED) is 0.611. The molecule has 1 heterocycles. The van der Waals surface area contributed by atoms with Crippen LogP contribution in [0.1, 0.15) is 19.8 Å². The minimum Gasteiger partial charge on any atom is -0.492 e.